The zero-order valence-electron chi connectivity index (χ0n) is 6.66. The molecule has 2 atom stereocenters. The quantitative estimate of drug-likeness (QED) is 0.574. The topological polar surface area (TPSA) is 9.23 Å². The van der Waals surface area contributed by atoms with Gasteiger partial charge in [0, 0.05) is 0 Å². The molecule has 0 unspecified atom stereocenters. The first-order valence-corrected chi connectivity index (χ1v) is 3.96. The lowest BCUT2D eigenvalue weighted by Gasteiger charge is -2.25. The van der Waals surface area contributed by atoms with Crippen LogP contribution in [0.15, 0.2) is 24.3 Å². The van der Waals surface area contributed by atoms with Gasteiger partial charge >= 0.3 is 0 Å². The van der Waals surface area contributed by atoms with E-state index in [1.165, 1.54) is 0 Å². The molecule has 0 bridgehead atoms. The van der Waals surface area contributed by atoms with Gasteiger partial charge in [0.2, 0.25) is 0 Å². The highest BCUT2D eigenvalue weighted by Crippen LogP contribution is 2.33. The van der Waals surface area contributed by atoms with Crippen molar-refractivity contribution in [3.8, 4) is 0 Å². The molecule has 1 nitrogen and oxygen atoms in total. The third-order valence-electron chi connectivity index (χ3n) is 2.12. The van der Waals surface area contributed by atoms with E-state index in [-0.39, 0.29) is 12.7 Å². The molecule has 0 saturated heterocycles. The molecule has 1 aromatic carbocycles. The monoisotopic (exact) mass is 165 g/mol. The zero-order chi connectivity index (χ0) is 8.55. The van der Waals surface area contributed by atoms with E-state index < -0.39 is 6.17 Å². The van der Waals surface area contributed by atoms with Gasteiger partial charge in [0.25, 0.3) is 0 Å². The van der Waals surface area contributed by atoms with Crippen LogP contribution in [-0.4, -0.2) is 6.61 Å². The summed E-state index contributed by atoms with van der Waals surface area (Å²) in [4.78, 5) is 0. The minimum atomic E-state index is -0.987. The second kappa shape index (κ2) is 2.87. The number of hydrogen-bond donors (Lipinski definition) is 0. The Morgan fingerprint density at radius 1 is 1.33 bits per heavy atom. The molecule has 0 fully saturated rings. The van der Waals surface area contributed by atoms with Crippen LogP contribution < -0.4 is 0 Å². The molecule has 1 aliphatic heterocycles. The molecule has 2 heteroatoms. The zero-order valence-corrected chi connectivity index (χ0v) is 6.66. The fraction of sp³-hybridized carbons (Fsp3) is 0.300. The van der Waals surface area contributed by atoms with Crippen molar-refractivity contribution in [3.63, 3.8) is 0 Å². The fourth-order valence-corrected chi connectivity index (χ4v) is 1.47. The minimum absolute atomic E-state index is 0.130. The summed E-state index contributed by atoms with van der Waals surface area (Å²) in [7, 11) is 0. The van der Waals surface area contributed by atoms with Gasteiger partial charge in [-0.05, 0) is 18.1 Å². The Hall–Kier alpha value is -0.890. The summed E-state index contributed by atoms with van der Waals surface area (Å²) in [5.41, 5.74) is 1.60. The molecule has 0 aliphatic carbocycles. The van der Waals surface area contributed by atoms with Gasteiger partial charge in [-0.25, -0.2) is 4.39 Å². The molecule has 0 amide bonds. The van der Waals surface area contributed by atoms with Crippen molar-refractivity contribution in [2.75, 3.05) is 6.61 Å². The first-order valence-electron chi connectivity index (χ1n) is 3.96. The summed E-state index contributed by atoms with van der Waals surface area (Å²) in [6.45, 7) is 3.91. The highest BCUT2D eigenvalue weighted by atomic mass is 19.1. The van der Waals surface area contributed by atoms with E-state index in [4.69, 9.17) is 4.74 Å². The Labute approximate surface area is 71.2 Å². The van der Waals surface area contributed by atoms with Crippen molar-refractivity contribution in [1.82, 2.24) is 0 Å². The molecule has 12 heavy (non-hydrogen) atoms. The van der Waals surface area contributed by atoms with E-state index in [0.29, 0.717) is 0 Å². The van der Waals surface area contributed by atoms with Crippen molar-refractivity contribution >= 4 is 0 Å². The van der Waals surface area contributed by atoms with Gasteiger partial charge < -0.3 is 4.74 Å². The Morgan fingerprint density at radius 3 is 2.67 bits per heavy atom. The molecule has 1 aliphatic rings. The molecule has 1 radical (unpaired) electrons. The van der Waals surface area contributed by atoms with E-state index in [0.717, 1.165) is 11.1 Å². The summed E-state index contributed by atoms with van der Waals surface area (Å²) < 4.78 is 18.3. The number of fused-ring (bicyclic) bond motifs is 1. The van der Waals surface area contributed by atoms with Crippen LogP contribution in [0.1, 0.15) is 23.4 Å². The predicted molar refractivity (Wildman–Crippen MR) is 44.3 cm³/mol. The number of ether oxygens (including phenoxy) is 1. The lowest BCUT2D eigenvalue weighted by Crippen LogP contribution is -2.16. The van der Waals surface area contributed by atoms with Gasteiger partial charge in [0.15, 0.2) is 0 Å². The van der Waals surface area contributed by atoms with E-state index in [1.54, 1.807) is 6.07 Å². The van der Waals surface area contributed by atoms with Crippen LogP contribution >= 0.6 is 0 Å². The van der Waals surface area contributed by atoms with Crippen molar-refractivity contribution in [1.29, 1.82) is 0 Å². The maximum absolute atomic E-state index is 13.2. The molecular weight excluding hydrogens is 155 g/mol. The largest absolute Gasteiger partial charge is 0.370 e. The SMILES string of the molecule is [CH2][C@H]1OC[C@H](F)c2ccccc21. The third-order valence-corrected chi connectivity index (χ3v) is 2.12. The van der Waals surface area contributed by atoms with E-state index in [1.807, 2.05) is 18.2 Å². The highest BCUT2D eigenvalue weighted by Gasteiger charge is 2.23. The molecule has 0 aromatic heterocycles. The Bertz CT molecular complexity index is 256. The van der Waals surface area contributed by atoms with Gasteiger partial charge in [-0.1, -0.05) is 24.3 Å². The molecule has 0 spiro atoms. The second-order valence-corrected chi connectivity index (χ2v) is 2.92. The maximum Gasteiger partial charge on any atom is 0.149 e. The van der Waals surface area contributed by atoms with Crippen molar-refractivity contribution < 1.29 is 9.13 Å². The van der Waals surface area contributed by atoms with Crippen LogP contribution in [0.2, 0.25) is 0 Å². The first kappa shape index (κ1) is 7.74. The average Bonchev–Trinajstić information content (AvgIpc) is 2.12. The van der Waals surface area contributed by atoms with Gasteiger partial charge in [0.05, 0.1) is 12.7 Å². The maximum atomic E-state index is 13.2. The van der Waals surface area contributed by atoms with Crippen LogP contribution in [0, 0.1) is 6.92 Å². The average molecular weight is 165 g/mol. The molecule has 0 N–H and O–H groups in total. The number of halogens is 1. The standard InChI is InChI=1S/C10H10FO/c1-7-8-4-2-3-5-9(8)10(11)6-12-7/h2-5,7,10H,1,6H2/t7-,10+/m1/s1. The van der Waals surface area contributed by atoms with E-state index in [9.17, 15) is 4.39 Å². The van der Waals surface area contributed by atoms with Crippen LogP contribution in [0.25, 0.3) is 0 Å². The van der Waals surface area contributed by atoms with Crippen molar-refractivity contribution in [2.24, 2.45) is 0 Å². The van der Waals surface area contributed by atoms with E-state index >= 15 is 0 Å². The molecule has 1 heterocycles. The number of rotatable bonds is 0. The van der Waals surface area contributed by atoms with E-state index in [2.05, 4.69) is 6.92 Å². The summed E-state index contributed by atoms with van der Waals surface area (Å²) in [6.07, 6.45) is -1.20. The van der Waals surface area contributed by atoms with Crippen molar-refractivity contribution in [3.05, 3.63) is 42.3 Å². The lowest BCUT2D eigenvalue weighted by atomic mass is 9.97. The van der Waals surface area contributed by atoms with Gasteiger partial charge in [-0.15, -0.1) is 0 Å². The molecule has 1 aromatic rings. The highest BCUT2D eigenvalue weighted by molar-refractivity contribution is 5.33. The van der Waals surface area contributed by atoms with Crippen LogP contribution in [0.5, 0.6) is 0 Å². The number of alkyl halides is 1. The fourth-order valence-electron chi connectivity index (χ4n) is 1.47. The predicted octanol–water partition coefficient (Wildman–Crippen LogP) is 2.60. The molecular formula is C10H10FO. The Morgan fingerprint density at radius 2 is 2.00 bits per heavy atom. The smallest absolute Gasteiger partial charge is 0.149 e. The summed E-state index contributed by atoms with van der Waals surface area (Å²) in [5.74, 6) is 0. The number of benzene rings is 1. The molecule has 63 valence electrons. The Balaban J connectivity index is 2.47. The Kier molecular flexibility index (Phi) is 1.85. The van der Waals surface area contributed by atoms with Crippen LogP contribution in [-0.2, 0) is 4.74 Å². The van der Waals surface area contributed by atoms with Crippen LogP contribution in [0.4, 0.5) is 4.39 Å². The summed E-state index contributed by atoms with van der Waals surface area (Å²) >= 11 is 0. The second-order valence-electron chi connectivity index (χ2n) is 2.92. The first-order chi connectivity index (χ1) is 5.79. The van der Waals surface area contributed by atoms with Crippen molar-refractivity contribution in [2.45, 2.75) is 12.3 Å². The van der Waals surface area contributed by atoms with Gasteiger partial charge in [0.1, 0.15) is 6.17 Å². The third kappa shape index (κ3) is 1.12. The molecule has 2 rings (SSSR count). The lowest BCUT2D eigenvalue weighted by molar-refractivity contribution is 0.0228. The number of hydrogen-bond acceptors (Lipinski definition) is 1. The summed E-state index contributed by atoms with van der Waals surface area (Å²) in [6, 6.07) is 7.36. The normalized spacial score (nSPS) is 28.2. The van der Waals surface area contributed by atoms with Gasteiger partial charge in [-0.3, -0.25) is 0 Å². The molecule has 0 saturated carbocycles. The minimum Gasteiger partial charge on any atom is -0.370 e. The van der Waals surface area contributed by atoms with Gasteiger partial charge in [-0.2, -0.15) is 0 Å². The van der Waals surface area contributed by atoms with Crippen LogP contribution in [0.3, 0.4) is 0 Å². The summed E-state index contributed by atoms with van der Waals surface area (Å²) in [5, 5.41) is 0.